The zero-order valence-corrected chi connectivity index (χ0v) is 17.1. The van der Waals surface area contributed by atoms with Crippen LogP contribution in [0.5, 0.6) is 0 Å². The van der Waals surface area contributed by atoms with Crippen molar-refractivity contribution >= 4 is 15.9 Å². The van der Waals surface area contributed by atoms with Crippen molar-refractivity contribution in [3.05, 3.63) is 29.8 Å². The summed E-state index contributed by atoms with van der Waals surface area (Å²) >= 11 is 0. The molecule has 7 nitrogen and oxygen atoms in total. The molecule has 1 saturated heterocycles. The number of rotatable bonds is 11. The minimum Gasteiger partial charge on any atom is -0.378 e. The average molecular weight is 398 g/mol. The summed E-state index contributed by atoms with van der Waals surface area (Å²) in [6.45, 7) is 9.77. The van der Waals surface area contributed by atoms with Crippen LogP contribution in [0, 0.1) is 0 Å². The van der Waals surface area contributed by atoms with Crippen LogP contribution in [0.4, 0.5) is 0 Å². The Kier molecular flexibility index (Phi) is 8.69. The van der Waals surface area contributed by atoms with E-state index >= 15 is 0 Å². The molecule has 0 atom stereocenters. The van der Waals surface area contributed by atoms with Crippen molar-refractivity contribution in [2.45, 2.75) is 31.6 Å². The summed E-state index contributed by atoms with van der Waals surface area (Å²) in [4.78, 5) is 14.7. The molecule has 1 aliphatic heterocycles. The Morgan fingerprint density at radius 2 is 1.74 bits per heavy atom. The molecular formula is C19H31N3O4S. The van der Waals surface area contributed by atoms with Crippen molar-refractivity contribution in [1.82, 2.24) is 14.5 Å². The molecule has 0 aromatic heterocycles. The highest BCUT2D eigenvalue weighted by molar-refractivity contribution is 7.89. The summed E-state index contributed by atoms with van der Waals surface area (Å²) in [5.41, 5.74) is 0.443. The van der Waals surface area contributed by atoms with Gasteiger partial charge in [-0.05, 0) is 50.2 Å². The van der Waals surface area contributed by atoms with Crippen molar-refractivity contribution in [2.24, 2.45) is 0 Å². The van der Waals surface area contributed by atoms with E-state index in [1.54, 1.807) is 12.1 Å². The molecule has 1 aliphatic rings. The third-order valence-corrected chi connectivity index (χ3v) is 6.71. The summed E-state index contributed by atoms with van der Waals surface area (Å²) in [6.07, 6.45) is 1.80. The Balaban J connectivity index is 1.75. The Bertz CT molecular complexity index is 681. The number of hydrogen-bond donors (Lipinski definition) is 1. The third-order valence-electron chi connectivity index (χ3n) is 4.80. The first-order valence-corrected chi connectivity index (χ1v) is 11.1. The van der Waals surface area contributed by atoms with Crippen molar-refractivity contribution in [3.8, 4) is 0 Å². The molecule has 8 heteroatoms. The van der Waals surface area contributed by atoms with Crippen LogP contribution in [0.1, 0.15) is 37.0 Å². The summed E-state index contributed by atoms with van der Waals surface area (Å²) in [6, 6.07) is 6.12. The van der Waals surface area contributed by atoms with Crippen LogP contribution in [0.15, 0.2) is 29.2 Å². The molecular weight excluding hydrogens is 366 g/mol. The number of carbonyl (C=O) groups is 1. The number of nitrogens with one attached hydrogen (secondary N) is 1. The average Bonchev–Trinajstić information content (AvgIpc) is 3.23. The Morgan fingerprint density at radius 1 is 1.11 bits per heavy atom. The number of likely N-dealkylation sites (N-methyl/N-ethyl adjacent to an activating group) is 1. The monoisotopic (exact) mass is 397 g/mol. The first kappa shape index (κ1) is 21.8. The van der Waals surface area contributed by atoms with Gasteiger partial charge < -0.3 is 15.0 Å². The highest BCUT2D eigenvalue weighted by Gasteiger charge is 2.27. The van der Waals surface area contributed by atoms with Crippen molar-refractivity contribution in [1.29, 1.82) is 0 Å². The lowest BCUT2D eigenvalue weighted by molar-refractivity contribution is 0.0884. The molecule has 1 N–H and O–H groups in total. The zero-order valence-electron chi connectivity index (χ0n) is 16.3. The fourth-order valence-electron chi connectivity index (χ4n) is 3.03. The molecule has 0 bridgehead atoms. The number of ether oxygens (including phenoxy) is 1. The fourth-order valence-corrected chi connectivity index (χ4v) is 4.55. The number of carbonyl (C=O) groups excluding carboxylic acids is 1. The molecule has 0 aliphatic carbocycles. The van der Waals surface area contributed by atoms with Crippen molar-refractivity contribution < 1.29 is 17.9 Å². The van der Waals surface area contributed by atoms with Gasteiger partial charge >= 0.3 is 0 Å². The van der Waals surface area contributed by atoms with Crippen LogP contribution in [-0.2, 0) is 14.8 Å². The largest absolute Gasteiger partial charge is 0.378 e. The molecule has 0 unspecified atom stereocenters. The van der Waals surface area contributed by atoms with Gasteiger partial charge in [0, 0.05) is 31.7 Å². The van der Waals surface area contributed by atoms with Crippen LogP contribution >= 0.6 is 0 Å². The molecule has 152 valence electrons. The summed E-state index contributed by atoms with van der Waals surface area (Å²) < 4.78 is 32.0. The molecule has 1 amide bonds. The van der Waals surface area contributed by atoms with Crippen LogP contribution in [-0.4, -0.2) is 76.0 Å². The van der Waals surface area contributed by atoms with Crippen LogP contribution in [0.25, 0.3) is 0 Å². The van der Waals surface area contributed by atoms with Gasteiger partial charge in [0.1, 0.15) is 0 Å². The van der Waals surface area contributed by atoms with E-state index in [-0.39, 0.29) is 10.8 Å². The standard InChI is InChI=1S/C19H31N3O4S/c1-3-21(4-2)14-16-26-15-11-20-19(23)17-7-9-18(10-8-17)27(24,25)22-12-5-6-13-22/h7-10H,3-6,11-16H2,1-2H3,(H,20,23). The van der Waals surface area contributed by atoms with E-state index in [0.29, 0.717) is 38.4 Å². The molecule has 0 radical (unpaired) electrons. The van der Waals surface area contributed by atoms with Crippen LogP contribution in [0.2, 0.25) is 0 Å². The van der Waals surface area contributed by atoms with Crippen molar-refractivity contribution in [2.75, 3.05) is 52.5 Å². The molecule has 1 fully saturated rings. The van der Waals surface area contributed by atoms with Crippen LogP contribution in [0.3, 0.4) is 0 Å². The molecule has 27 heavy (non-hydrogen) atoms. The molecule has 1 heterocycles. The molecule has 2 rings (SSSR count). The Labute approximate surface area is 162 Å². The topological polar surface area (TPSA) is 79.0 Å². The lowest BCUT2D eigenvalue weighted by Crippen LogP contribution is -2.30. The van der Waals surface area contributed by atoms with E-state index in [4.69, 9.17) is 4.74 Å². The quantitative estimate of drug-likeness (QED) is 0.573. The number of amides is 1. The van der Waals surface area contributed by atoms with Gasteiger partial charge in [-0.25, -0.2) is 8.42 Å². The van der Waals surface area contributed by atoms with E-state index in [0.717, 1.165) is 32.5 Å². The van der Waals surface area contributed by atoms with E-state index in [9.17, 15) is 13.2 Å². The minimum absolute atomic E-state index is 0.229. The summed E-state index contributed by atoms with van der Waals surface area (Å²) in [5.74, 6) is -0.229. The Hall–Kier alpha value is -1.48. The second kappa shape index (κ2) is 10.8. The van der Waals surface area contributed by atoms with Gasteiger partial charge in [-0.1, -0.05) is 13.8 Å². The second-order valence-electron chi connectivity index (χ2n) is 6.53. The van der Waals surface area contributed by atoms with Gasteiger partial charge in [0.2, 0.25) is 10.0 Å². The zero-order chi connectivity index (χ0) is 19.7. The van der Waals surface area contributed by atoms with Gasteiger partial charge in [-0.2, -0.15) is 4.31 Å². The number of sulfonamides is 1. The predicted molar refractivity (Wildman–Crippen MR) is 105 cm³/mol. The van der Waals surface area contributed by atoms with Crippen LogP contribution < -0.4 is 5.32 Å². The molecule has 1 aromatic carbocycles. The first-order valence-electron chi connectivity index (χ1n) is 9.67. The number of nitrogens with zero attached hydrogens (tertiary/aromatic N) is 2. The smallest absolute Gasteiger partial charge is 0.251 e. The van der Waals surface area contributed by atoms with Gasteiger partial charge in [0.05, 0.1) is 18.1 Å². The normalized spacial score (nSPS) is 15.4. The lowest BCUT2D eigenvalue weighted by Gasteiger charge is -2.17. The van der Waals surface area contributed by atoms with Gasteiger partial charge in [-0.3, -0.25) is 4.79 Å². The Morgan fingerprint density at radius 3 is 2.33 bits per heavy atom. The molecule has 1 aromatic rings. The maximum absolute atomic E-state index is 12.5. The lowest BCUT2D eigenvalue weighted by atomic mass is 10.2. The van der Waals surface area contributed by atoms with Gasteiger partial charge in [0.15, 0.2) is 0 Å². The molecule has 0 spiro atoms. The number of hydrogen-bond acceptors (Lipinski definition) is 5. The summed E-state index contributed by atoms with van der Waals surface area (Å²) in [7, 11) is -3.44. The SMILES string of the molecule is CCN(CC)CCOCCNC(=O)c1ccc(S(=O)(=O)N2CCCC2)cc1. The van der Waals surface area contributed by atoms with Crippen molar-refractivity contribution in [3.63, 3.8) is 0 Å². The van der Waals surface area contributed by atoms with Gasteiger partial charge in [-0.15, -0.1) is 0 Å². The highest BCUT2D eigenvalue weighted by atomic mass is 32.2. The third kappa shape index (κ3) is 6.27. The molecule has 0 saturated carbocycles. The summed E-state index contributed by atoms with van der Waals surface area (Å²) in [5, 5.41) is 2.79. The number of benzene rings is 1. The van der Waals surface area contributed by atoms with E-state index in [2.05, 4.69) is 24.1 Å². The highest BCUT2D eigenvalue weighted by Crippen LogP contribution is 2.21. The van der Waals surface area contributed by atoms with E-state index in [1.165, 1.54) is 16.4 Å². The van der Waals surface area contributed by atoms with Gasteiger partial charge in [0.25, 0.3) is 5.91 Å². The first-order chi connectivity index (χ1) is 13.0. The predicted octanol–water partition coefficient (Wildman–Crippen LogP) is 1.56. The maximum atomic E-state index is 12.5. The minimum atomic E-state index is -3.44. The maximum Gasteiger partial charge on any atom is 0.251 e. The van der Waals surface area contributed by atoms with E-state index in [1.807, 2.05) is 0 Å². The van der Waals surface area contributed by atoms with E-state index < -0.39 is 10.0 Å². The second-order valence-corrected chi connectivity index (χ2v) is 8.47. The fraction of sp³-hybridized carbons (Fsp3) is 0.632.